The van der Waals surface area contributed by atoms with E-state index in [4.69, 9.17) is 4.52 Å². The smallest absolute Gasteiger partial charge is 0.167 e. The van der Waals surface area contributed by atoms with Crippen LogP contribution in [0.3, 0.4) is 0 Å². The van der Waals surface area contributed by atoms with Crippen LogP contribution >= 0.6 is 0 Å². The van der Waals surface area contributed by atoms with Gasteiger partial charge in [0.25, 0.3) is 0 Å². The number of nitrogens with zero attached hydrogens (tertiary/aromatic N) is 1. The molecule has 0 N–H and O–H groups in total. The molecule has 0 saturated heterocycles. The molecule has 1 heterocycles. The summed E-state index contributed by atoms with van der Waals surface area (Å²) in [6.45, 7) is 10.3. The van der Waals surface area contributed by atoms with Crippen LogP contribution in [-0.4, -0.2) is 5.16 Å². The van der Waals surface area contributed by atoms with Crippen molar-refractivity contribution < 1.29 is 4.52 Å². The van der Waals surface area contributed by atoms with E-state index in [0.29, 0.717) is 5.92 Å². The van der Waals surface area contributed by atoms with E-state index < -0.39 is 0 Å². The lowest BCUT2D eigenvalue weighted by Gasteiger charge is -1.97. The Balaban J connectivity index is 0.000000531. The lowest BCUT2D eigenvalue weighted by molar-refractivity contribution is 0.441. The van der Waals surface area contributed by atoms with Crippen LogP contribution in [0.15, 0.2) is 22.7 Å². The van der Waals surface area contributed by atoms with E-state index in [1.54, 1.807) is 0 Å². The second-order valence-corrected chi connectivity index (χ2v) is 3.72. The zero-order chi connectivity index (χ0) is 11.4. The molecule has 2 nitrogen and oxygen atoms in total. The van der Waals surface area contributed by atoms with Crippen molar-refractivity contribution in [1.82, 2.24) is 5.16 Å². The third kappa shape index (κ3) is 2.38. The summed E-state index contributed by atoms with van der Waals surface area (Å²) in [7, 11) is 0. The van der Waals surface area contributed by atoms with Gasteiger partial charge in [-0.15, -0.1) is 0 Å². The van der Waals surface area contributed by atoms with E-state index in [9.17, 15) is 0 Å². The number of hydrogen-bond donors (Lipinski definition) is 0. The van der Waals surface area contributed by atoms with Crippen molar-refractivity contribution in [3.8, 4) is 0 Å². The molecule has 15 heavy (non-hydrogen) atoms. The SMILES string of the molecule is CC.Cc1ccc2c(C(C)C)noc2c1. The third-order valence-electron chi connectivity index (χ3n) is 2.20. The predicted octanol–water partition coefficient (Wildman–Crippen LogP) is 4.29. The molecule has 0 atom stereocenters. The zero-order valence-corrected chi connectivity index (χ0v) is 10.2. The number of hydrogen-bond acceptors (Lipinski definition) is 2. The fraction of sp³-hybridized carbons (Fsp3) is 0.462. The van der Waals surface area contributed by atoms with Crippen molar-refractivity contribution in [1.29, 1.82) is 0 Å². The maximum absolute atomic E-state index is 5.24. The van der Waals surface area contributed by atoms with Crippen LogP contribution in [0, 0.1) is 6.92 Å². The standard InChI is InChI=1S/C11H13NO.C2H6/c1-7(2)11-9-5-4-8(3)6-10(9)13-12-11;1-2/h4-7H,1-3H3;1-2H3. The highest BCUT2D eigenvalue weighted by atomic mass is 16.5. The van der Waals surface area contributed by atoms with Crippen molar-refractivity contribution in [3.05, 3.63) is 29.5 Å². The molecule has 0 spiro atoms. The van der Waals surface area contributed by atoms with E-state index in [0.717, 1.165) is 16.7 Å². The summed E-state index contributed by atoms with van der Waals surface area (Å²) in [5.74, 6) is 0.420. The van der Waals surface area contributed by atoms with Gasteiger partial charge in [-0.05, 0) is 30.5 Å². The Hall–Kier alpha value is -1.31. The van der Waals surface area contributed by atoms with Crippen LogP contribution in [0.25, 0.3) is 11.0 Å². The van der Waals surface area contributed by atoms with E-state index in [1.807, 2.05) is 19.9 Å². The zero-order valence-electron chi connectivity index (χ0n) is 10.2. The minimum absolute atomic E-state index is 0.420. The van der Waals surface area contributed by atoms with Crippen LogP contribution in [-0.2, 0) is 0 Å². The van der Waals surface area contributed by atoms with Crippen LogP contribution < -0.4 is 0 Å². The lowest BCUT2D eigenvalue weighted by atomic mass is 10.1. The molecule has 0 aliphatic carbocycles. The van der Waals surface area contributed by atoms with Crippen LogP contribution in [0.2, 0.25) is 0 Å². The van der Waals surface area contributed by atoms with Gasteiger partial charge in [-0.3, -0.25) is 0 Å². The van der Waals surface area contributed by atoms with Crippen molar-refractivity contribution in [3.63, 3.8) is 0 Å². The first-order valence-corrected chi connectivity index (χ1v) is 5.54. The maximum atomic E-state index is 5.24. The molecule has 1 aromatic carbocycles. The topological polar surface area (TPSA) is 26.0 Å². The summed E-state index contributed by atoms with van der Waals surface area (Å²) < 4.78 is 5.24. The molecule has 0 aliphatic heterocycles. The maximum Gasteiger partial charge on any atom is 0.167 e. The van der Waals surface area contributed by atoms with Gasteiger partial charge in [-0.2, -0.15) is 0 Å². The molecular formula is C13H19NO. The van der Waals surface area contributed by atoms with E-state index in [2.05, 4.69) is 38.1 Å². The van der Waals surface area contributed by atoms with Gasteiger partial charge in [-0.1, -0.05) is 38.9 Å². The van der Waals surface area contributed by atoms with Crippen molar-refractivity contribution >= 4 is 11.0 Å². The summed E-state index contributed by atoms with van der Waals surface area (Å²) in [5.41, 5.74) is 3.15. The molecular weight excluding hydrogens is 186 g/mol. The quantitative estimate of drug-likeness (QED) is 0.694. The largest absolute Gasteiger partial charge is 0.356 e. The van der Waals surface area contributed by atoms with Crippen LogP contribution in [0.5, 0.6) is 0 Å². The first-order chi connectivity index (χ1) is 7.18. The first-order valence-electron chi connectivity index (χ1n) is 5.54. The summed E-state index contributed by atoms with van der Waals surface area (Å²) in [6.07, 6.45) is 0. The fourth-order valence-electron chi connectivity index (χ4n) is 1.48. The minimum atomic E-state index is 0.420. The van der Waals surface area contributed by atoms with Gasteiger partial charge in [0.15, 0.2) is 5.58 Å². The first kappa shape index (κ1) is 11.8. The number of benzene rings is 1. The van der Waals surface area contributed by atoms with E-state index in [1.165, 1.54) is 5.56 Å². The van der Waals surface area contributed by atoms with Crippen LogP contribution in [0.4, 0.5) is 0 Å². The van der Waals surface area contributed by atoms with Crippen molar-refractivity contribution in [2.75, 3.05) is 0 Å². The predicted molar refractivity (Wildman–Crippen MR) is 64.2 cm³/mol. The molecule has 2 aromatic rings. The Bertz CT molecular complexity index is 429. The van der Waals surface area contributed by atoms with E-state index in [-0.39, 0.29) is 0 Å². The van der Waals surface area contributed by atoms with Gasteiger partial charge in [0.1, 0.15) is 0 Å². The van der Waals surface area contributed by atoms with Gasteiger partial charge in [-0.25, -0.2) is 0 Å². The molecule has 0 aliphatic rings. The molecule has 1 aromatic heterocycles. The molecule has 82 valence electrons. The summed E-state index contributed by atoms with van der Waals surface area (Å²) >= 11 is 0. The Labute approximate surface area is 91.3 Å². The van der Waals surface area contributed by atoms with Gasteiger partial charge in [0.05, 0.1) is 5.69 Å². The molecule has 0 bridgehead atoms. The number of aryl methyl sites for hydroxylation is 1. The average molecular weight is 205 g/mol. The minimum Gasteiger partial charge on any atom is -0.356 e. The Morgan fingerprint density at radius 2 is 1.87 bits per heavy atom. The van der Waals surface area contributed by atoms with E-state index >= 15 is 0 Å². The highest BCUT2D eigenvalue weighted by Gasteiger charge is 2.10. The van der Waals surface area contributed by atoms with Crippen molar-refractivity contribution in [2.45, 2.75) is 40.5 Å². The summed E-state index contributed by atoms with van der Waals surface area (Å²) in [5, 5.41) is 5.20. The Morgan fingerprint density at radius 1 is 1.20 bits per heavy atom. The Morgan fingerprint density at radius 3 is 2.47 bits per heavy atom. The number of fused-ring (bicyclic) bond motifs is 1. The third-order valence-corrected chi connectivity index (χ3v) is 2.20. The van der Waals surface area contributed by atoms with Crippen LogP contribution in [0.1, 0.15) is 44.9 Å². The molecule has 0 unspecified atom stereocenters. The molecule has 0 amide bonds. The highest BCUT2D eigenvalue weighted by Crippen LogP contribution is 2.24. The number of aromatic nitrogens is 1. The molecule has 0 fully saturated rings. The normalized spacial score (nSPS) is 10.3. The molecule has 0 saturated carbocycles. The molecule has 2 rings (SSSR count). The second kappa shape index (κ2) is 4.96. The monoisotopic (exact) mass is 205 g/mol. The van der Waals surface area contributed by atoms with Gasteiger partial charge < -0.3 is 4.52 Å². The summed E-state index contributed by atoms with van der Waals surface area (Å²) in [4.78, 5) is 0. The Kier molecular flexibility index (Phi) is 3.89. The van der Waals surface area contributed by atoms with Crippen molar-refractivity contribution in [2.24, 2.45) is 0 Å². The molecule has 2 heteroatoms. The fourth-order valence-corrected chi connectivity index (χ4v) is 1.48. The van der Waals surface area contributed by atoms with Gasteiger partial charge in [0, 0.05) is 5.39 Å². The van der Waals surface area contributed by atoms with Gasteiger partial charge in [0.2, 0.25) is 0 Å². The molecule has 0 radical (unpaired) electrons. The summed E-state index contributed by atoms with van der Waals surface area (Å²) in [6, 6.07) is 6.19. The van der Waals surface area contributed by atoms with Gasteiger partial charge >= 0.3 is 0 Å². The second-order valence-electron chi connectivity index (χ2n) is 3.72. The lowest BCUT2D eigenvalue weighted by Crippen LogP contribution is -1.86. The number of rotatable bonds is 1. The highest BCUT2D eigenvalue weighted by molar-refractivity contribution is 5.80. The average Bonchev–Trinajstić information content (AvgIpc) is 2.63.